The molecule has 1 fully saturated rings. The maximum Gasteiger partial charge on any atom is 0.573 e. The number of halogens is 3. The lowest BCUT2D eigenvalue weighted by Crippen LogP contribution is -2.52. The van der Waals surface area contributed by atoms with Crippen LogP contribution in [0.1, 0.15) is 12.0 Å². The Morgan fingerprint density at radius 2 is 1.97 bits per heavy atom. The summed E-state index contributed by atoms with van der Waals surface area (Å²) in [6.07, 6.45) is -0.307. The SMILES string of the molecule is Cc1c(N(CC2C=CC(OC(F)(F)F)=CC2)S(=O)(=O)N2CCNCC2)sc2ccccc12. The van der Waals surface area contributed by atoms with Gasteiger partial charge in [-0.25, -0.2) is 4.31 Å². The van der Waals surface area contributed by atoms with Gasteiger partial charge in [-0.2, -0.15) is 12.7 Å². The standard InChI is InChI=1S/C21H24F3N3O3S2/c1-15-18-4-2-3-5-19(18)31-20(15)27(32(28,29)26-12-10-25-11-13-26)14-16-6-8-17(9-7-16)30-21(22,23)24/h2-6,8-9,16,25H,7,10-14H2,1H3. The van der Waals surface area contributed by atoms with E-state index in [1.165, 1.54) is 32.1 Å². The highest BCUT2D eigenvalue weighted by molar-refractivity contribution is 7.90. The molecule has 0 amide bonds. The fourth-order valence-corrected chi connectivity index (χ4v) is 7.07. The minimum Gasteiger partial charge on any atom is -0.406 e. The van der Waals surface area contributed by atoms with Gasteiger partial charge in [-0.3, -0.25) is 0 Å². The van der Waals surface area contributed by atoms with Crippen LogP contribution >= 0.6 is 11.3 Å². The van der Waals surface area contributed by atoms with Gasteiger partial charge in [0.05, 0.1) is 0 Å². The molecule has 0 spiro atoms. The second-order valence-electron chi connectivity index (χ2n) is 7.73. The van der Waals surface area contributed by atoms with Gasteiger partial charge in [-0.05, 0) is 48.4 Å². The third kappa shape index (κ3) is 4.95. The Hall–Kier alpha value is -2.08. The Labute approximate surface area is 189 Å². The lowest BCUT2D eigenvalue weighted by Gasteiger charge is -2.34. The predicted octanol–water partition coefficient (Wildman–Crippen LogP) is 4.16. The third-order valence-electron chi connectivity index (χ3n) is 5.51. The molecule has 1 aliphatic heterocycles. The number of thiophene rings is 1. The highest BCUT2D eigenvalue weighted by Crippen LogP contribution is 2.40. The lowest BCUT2D eigenvalue weighted by molar-refractivity contribution is -0.303. The molecule has 174 valence electrons. The number of hydrogen-bond acceptors (Lipinski definition) is 5. The quantitative estimate of drug-likeness (QED) is 0.665. The number of allylic oxidation sites excluding steroid dienone is 2. The van der Waals surface area contributed by atoms with E-state index in [9.17, 15) is 21.6 Å². The molecule has 1 aromatic heterocycles. The Bertz CT molecular complexity index is 1140. The fourth-order valence-electron chi connectivity index (χ4n) is 3.90. The molecular formula is C21H24F3N3O3S2. The number of piperazine rings is 1. The molecular weight excluding hydrogens is 463 g/mol. The molecule has 2 aromatic rings. The van der Waals surface area contributed by atoms with Gasteiger partial charge in [0.1, 0.15) is 10.8 Å². The second kappa shape index (κ2) is 9.05. The van der Waals surface area contributed by atoms with Gasteiger partial charge in [-0.15, -0.1) is 24.5 Å². The first-order valence-electron chi connectivity index (χ1n) is 10.3. The Kier molecular flexibility index (Phi) is 6.53. The number of ether oxygens (including phenoxy) is 1. The summed E-state index contributed by atoms with van der Waals surface area (Å²) in [6, 6.07) is 7.74. The molecule has 1 unspecified atom stereocenters. The van der Waals surface area contributed by atoms with Gasteiger partial charge in [0.2, 0.25) is 0 Å². The zero-order valence-corrected chi connectivity index (χ0v) is 19.1. The molecule has 32 heavy (non-hydrogen) atoms. The van der Waals surface area contributed by atoms with Gasteiger partial charge in [-0.1, -0.05) is 24.3 Å². The fraction of sp³-hybridized carbons (Fsp3) is 0.429. The molecule has 0 radical (unpaired) electrons. The van der Waals surface area contributed by atoms with Crippen LogP contribution in [0.3, 0.4) is 0 Å². The molecule has 1 atom stereocenters. The summed E-state index contributed by atoms with van der Waals surface area (Å²) < 4.78 is 72.6. The Morgan fingerprint density at radius 3 is 2.59 bits per heavy atom. The second-order valence-corrected chi connectivity index (χ2v) is 10.6. The van der Waals surface area contributed by atoms with Crippen molar-refractivity contribution in [1.29, 1.82) is 0 Å². The summed E-state index contributed by atoms with van der Waals surface area (Å²) in [4.78, 5) is 0. The van der Waals surface area contributed by atoms with Crippen LogP contribution in [-0.2, 0) is 14.9 Å². The van der Waals surface area contributed by atoms with Crippen molar-refractivity contribution in [1.82, 2.24) is 9.62 Å². The number of alkyl halides is 3. The predicted molar refractivity (Wildman–Crippen MR) is 120 cm³/mol. The van der Waals surface area contributed by atoms with E-state index in [2.05, 4.69) is 10.1 Å². The van der Waals surface area contributed by atoms with Crippen LogP contribution < -0.4 is 9.62 Å². The Balaban J connectivity index is 1.64. The number of nitrogens with zero attached hydrogens (tertiary/aromatic N) is 2. The molecule has 0 saturated carbocycles. The molecule has 6 nitrogen and oxygen atoms in total. The van der Waals surface area contributed by atoms with Crippen LogP contribution in [0.2, 0.25) is 0 Å². The highest BCUT2D eigenvalue weighted by atomic mass is 32.2. The number of benzene rings is 1. The minimum absolute atomic E-state index is 0.131. The van der Waals surface area contributed by atoms with Crippen molar-refractivity contribution in [3.8, 4) is 0 Å². The van der Waals surface area contributed by atoms with E-state index in [-0.39, 0.29) is 24.6 Å². The molecule has 4 rings (SSSR count). The van der Waals surface area contributed by atoms with Crippen molar-refractivity contribution in [3.05, 3.63) is 53.8 Å². The van der Waals surface area contributed by atoms with Gasteiger partial charge in [0.15, 0.2) is 0 Å². The Morgan fingerprint density at radius 1 is 1.25 bits per heavy atom. The van der Waals surface area contributed by atoms with Crippen molar-refractivity contribution in [2.75, 3.05) is 37.0 Å². The van der Waals surface area contributed by atoms with Crippen molar-refractivity contribution in [2.45, 2.75) is 19.7 Å². The average molecular weight is 488 g/mol. The monoisotopic (exact) mass is 487 g/mol. The average Bonchev–Trinajstić information content (AvgIpc) is 3.09. The van der Waals surface area contributed by atoms with Crippen LogP contribution in [0.15, 0.2) is 48.3 Å². The number of aryl methyl sites for hydroxylation is 1. The van der Waals surface area contributed by atoms with Crippen molar-refractivity contribution < 1.29 is 26.3 Å². The summed E-state index contributed by atoms with van der Waals surface area (Å²) in [6.45, 7) is 3.91. The lowest BCUT2D eigenvalue weighted by atomic mass is 10.00. The van der Waals surface area contributed by atoms with Gasteiger partial charge >= 0.3 is 16.6 Å². The summed E-state index contributed by atoms with van der Waals surface area (Å²) in [5, 5.41) is 4.79. The van der Waals surface area contributed by atoms with E-state index in [0.717, 1.165) is 15.6 Å². The molecule has 1 N–H and O–H groups in total. The van der Waals surface area contributed by atoms with Crippen LogP contribution in [0.25, 0.3) is 10.1 Å². The van der Waals surface area contributed by atoms with Crippen molar-refractivity contribution in [2.24, 2.45) is 5.92 Å². The molecule has 11 heteroatoms. The van der Waals surface area contributed by atoms with Crippen LogP contribution in [0, 0.1) is 12.8 Å². The zero-order valence-electron chi connectivity index (χ0n) is 17.4. The minimum atomic E-state index is -4.76. The normalized spacial score (nSPS) is 20.4. The first-order chi connectivity index (χ1) is 15.1. The summed E-state index contributed by atoms with van der Waals surface area (Å²) >= 11 is 1.41. The van der Waals surface area contributed by atoms with E-state index >= 15 is 0 Å². The van der Waals surface area contributed by atoms with Crippen LogP contribution in [0.5, 0.6) is 0 Å². The topological polar surface area (TPSA) is 61.9 Å². The van der Waals surface area contributed by atoms with E-state index in [4.69, 9.17) is 0 Å². The molecule has 2 aliphatic rings. The van der Waals surface area contributed by atoms with Gasteiger partial charge in [0.25, 0.3) is 0 Å². The maximum absolute atomic E-state index is 13.7. The van der Waals surface area contributed by atoms with Crippen LogP contribution in [0.4, 0.5) is 18.2 Å². The number of hydrogen-bond donors (Lipinski definition) is 1. The van der Waals surface area contributed by atoms with Gasteiger partial charge in [0, 0.05) is 37.4 Å². The molecule has 1 aliphatic carbocycles. The smallest absolute Gasteiger partial charge is 0.406 e. The number of fused-ring (bicyclic) bond motifs is 1. The maximum atomic E-state index is 13.7. The first kappa shape index (κ1) is 23.1. The van der Waals surface area contributed by atoms with Crippen LogP contribution in [-0.4, -0.2) is 51.8 Å². The summed E-state index contributed by atoms with van der Waals surface area (Å²) in [5.74, 6) is -0.554. The van der Waals surface area contributed by atoms with E-state index in [1.54, 1.807) is 6.08 Å². The number of rotatable bonds is 6. The van der Waals surface area contributed by atoms with E-state index < -0.39 is 16.6 Å². The molecule has 1 saturated heterocycles. The number of anilines is 1. The molecule has 1 aromatic carbocycles. The summed E-state index contributed by atoms with van der Waals surface area (Å²) in [7, 11) is -3.82. The third-order valence-corrected chi connectivity index (χ3v) is 8.83. The van der Waals surface area contributed by atoms with Gasteiger partial charge < -0.3 is 10.1 Å². The largest absolute Gasteiger partial charge is 0.573 e. The molecule has 2 heterocycles. The van der Waals surface area contributed by atoms with E-state index in [1.807, 2.05) is 31.2 Å². The molecule has 0 bridgehead atoms. The van der Waals surface area contributed by atoms with Crippen molar-refractivity contribution >= 4 is 36.6 Å². The first-order valence-corrected chi connectivity index (χ1v) is 12.5. The zero-order chi connectivity index (χ0) is 22.9. The highest BCUT2D eigenvalue weighted by Gasteiger charge is 2.35. The van der Waals surface area contributed by atoms with E-state index in [0.29, 0.717) is 31.2 Å². The summed E-state index contributed by atoms with van der Waals surface area (Å²) in [5.41, 5.74) is 0.876. The van der Waals surface area contributed by atoms with Crippen molar-refractivity contribution in [3.63, 3.8) is 0 Å². The number of nitrogens with one attached hydrogen (secondary N) is 1.